The Kier molecular flexibility index (Phi) is 3.81. The Balaban J connectivity index is 3.73. The Labute approximate surface area is 55.6 Å². The highest BCUT2D eigenvalue weighted by Crippen LogP contribution is 1.91. The summed E-state index contributed by atoms with van der Waals surface area (Å²) in [7, 11) is -2.93. The molecular weight excluding hydrogens is 140 g/mol. The smallest absolute Gasteiger partial charge is 0.152 e. The van der Waals surface area contributed by atoms with Gasteiger partial charge in [0.25, 0.3) is 0 Å². The van der Waals surface area contributed by atoms with Crippen LogP contribution in [0.2, 0.25) is 0 Å². The molecule has 4 heteroatoms. The van der Waals surface area contributed by atoms with Crippen molar-refractivity contribution in [2.24, 2.45) is 0 Å². The molecule has 0 saturated carbocycles. The molecule has 0 aliphatic carbocycles. The molecule has 0 spiro atoms. The monoisotopic (exact) mass is 152 g/mol. The van der Waals surface area contributed by atoms with E-state index in [0.717, 1.165) is 0 Å². The highest BCUT2D eigenvalue weighted by atomic mass is 32.2. The topological polar surface area (TPSA) is 54.4 Å². The zero-order chi connectivity index (χ0) is 7.33. The molecule has 9 heavy (non-hydrogen) atoms. The largest absolute Gasteiger partial charge is 0.395 e. The minimum absolute atomic E-state index is 0.0964. The minimum atomic E-state index is -2.93. The van der Waals surface area contributed by atoms with Gasteiger partial charge in [0.1, 0.15) is 0 Å². The first-order valence-corrected chi connectivity index (χ1v) is 4.76. The van der Waals surface area contributed by atoms with Crippen LogP contribution >= 0.6 is 0 Å². The Morgan fingerprint density at radius 2 is 1.89 bits per heavy atom. The summed E-state index contributed by atoms with van der Waals surface area (Å²) in [6.45, 7) is 1.54. The van der Waals surface area contributed by atoms with Gasteiger partial charge in [0.05, 0.1) is 12.4 Å². The molecule has 0 amide bonds. The molecule has 0 aromatic carbocycles. The van der Waals surface area contributed by atoms with Crippen molar-refractivity contribution in [3.8, 4) is 0 Å². The number of aliphatic hydroxyl groups is 1. The Hall–Kier alpha value is -0.0900. The van der Waals surface area contributed by atoms with E-state index in [4.69, 9.17) is 5.11 Å². The second kappa shape index (κ2) is 3.85. The van der Waals surface area contributed by atoms with Gasteiger partial charge in [0, 0.05) is 5.75 Å². The van der Waals surface area contributed by atoms with Gasteiger partial charge in [-0.1, -0.05) is 6.92 Å². The first-order valence-electron chi connectivity index (χ1n) is 2.93. The maximum Gasteiger partial charge on any atom is 0.152 e. The quantitative estimate of drug-likeness (QED) is 0.607. The van der Waals surface area contributed by atoms with Crippen molar-refractivity contribution in [1.29, 1.82) is 0 Å². The van der Waals surface area contributed by atoms with Crippen LogP contribution in [0.25, 0.3) is 0 Å². The molecule has 0 heterocycles. The molecule has 0 unspecified atom stereocenters. The molecule has 3 nitrogen and oxygen atoms in total. The van der Waals surface area contributed by atoms with E-state index in [-0.39, 0.29) is 18.1 Å². The summed E-state index contributed by atoms with van der Waals surface area (Å²) in [6.07, 6.45) is 0.627. The average molecular weight is 152 g/mol. The molecule has 0 aromatic rings. The molecule has 0 radical (unpaired) electrons. The zero-order valence-electron chi connectivity index (χ0n) is 5.50. The van der Waals surface area contributed by atoms with E-state index >= 15 is 0 Å². The van der Waals surface area contributed by atoms with Crippen molar-refractivity contribution < 1.29 is 13.5 Å². The van der Waals surface area contributed by atoms with Crippen molar-refractivity contribution in [3.05, 3.63) is 0 Å². The predicted molar refractivity (Wildman–Crippen MR) is 36.0 cm³/mol. The van der Waals surface area contributed by atoms with Gasteiger partial charge in [-0.05, 0) is 6.42 Å². The predicted octanol–water partition coefficient (Wildman–Crippen LogP) is -0.197. The lowest BCUT2D eigenvalue weighted by atomic mass is 10.6. The first kappa shape index (κ1) is 8.91. The van der Waals surface area contributed by atoms with Crippen molar-refractivity contribution in [2.45, 2.75) is 13.3 Å². The molecule has 0 saturated heterocycles. The van der Waals surface area contributed by atoms with E-state index in [9.17, 15) is 8.42 Å². The summed E-state index contributed by atoms with van der Waals surface area (Å²) in [5.74, 6) is 0.0917. The Morgan fingerprint density at radius 1 is 1.33 bits per heavy atom. The molecule has 56 valence electrons. The molecular formula is C5H12O3S. The van der Waals surface area contributed by atoms with Gasteiger partial charge in [0.15, 0.2) is 9.84 Å². The normalized spacial score (nSPS) is 11.8. The number of aliphatic hydroxyl groups excluding tert-OH is 1. The molecule has 0 fully saturated rings. The van der Waals surface area contributed by atoms with Gasteiger partial charge < -0.3 is 5.11 Å². The summed E-state index contributed by atoms with van der Waals surface area (Å²) < 4.78 is 21.3. The van der Waals surface area contributed by atoms with E-state index in [1.165, 1.54) is 0 Å². The Morgan fingerprint density at radius 3 is 2.22 bits per heavy atom. The van der Waals surface area contributed by atoms with Crippen molar-refractivity contribution in [3.63, 3.8) is 0 Å². The van der Waals surface area contributed by atoms with Crippen LogP contribution in [0.4, 0.5) is 0 Å². The maximum atomic E-state index is 10.7. The molecule has 0 aliphatic heterocycles. The van der Waals surface area contributed by atoms with Crippen molar-refractivity contribution in [1.82, 2.24) is 0 Å². The first-order chi connectivity index (χ1) is 4.12. The van der Waals surface area contributed by atoms with Crippen LogP contribution in [0.3, 0.4) is 0 Å². The second-order valence-corrected chi connectivity index (χ2v) is 4.18. The summed E-state index contributed by atoms with van der Waals surface area (Å²) in [6, 6.07) is 0. The van der Waals surface area contributed by atoms with Gasteiger partial charge >= 0.3 is 0 Å². The summed E-state index contributed by atoms with van der Waals surface area (Å²) in [5.41, 5.74) is 0. The number of sulfone groups is 1. The highest BCUT2D eigenvalue weighted by Gasteiger charge is 2.06. The van der Waals surface area contributed by atoms with Gasteiger partial charge in [-0.3, -0.25) is 0 Å². The fourth-order valence-corrected chi connectivity index (χ4v) is 1.66. The number of hydrogen-bond acceptors (Lipinski definition) is 3. The van der Waals surface area contributed by atoms with E-state index in [1.807, 2.05) is 0 Å². The maximum absolute atomic E-state index is 10.7. The lowest BCUT2D eigenvalue weighted by Crippen LogP contribution is -2.12. The van der Waals surface area contributed by atoms with Gasteiger partial charge in [0.2, 0.25) is 0 Å². The molecule has 0 aliphatic rings. The minimum Gasteiger partial charge on any atom is -0.395 e. The molecule has 0 rings (SSSR count). The molecule has 0 aromatic heterocycles. The molecule has 0 bridgehead atoms. The third-order valence-electron chi connectivity index (χ3n) is 0.917. The summed E-state index contributed by atoms with van der Waals surface area (Å²) in [5, 5.41) is 8.25. The van der Waals surface area contributed by atoms with Crippen LogP contribution in [-0.2, 0) is 9.84 Å². The lowest BCUT2D eigenvalue weighted by molar-refractivity contribution is 0.319. The molecule has 1 N–H and O–H groups in total. The average Bonchev–Trinajstić information content (AvgIpc) is 1.64. The number of hydrogen-bond donors (Lipinski definition) is 1. The summed E-state index contributed by atoms with van der Waals surface area (Å²) >= 11 is 0. The van der Waals surface area contributed by atoms with Crippen LogP contribution in [0.5, 0.6) is 0 Å². The van der Waals surface area contributed by atoms with E-state index in [2.05, 4.69) is 0 Å². The SMILES string of the molecule is CCCS(=O)(=O)CCO. The standard InChI is InChI=1S/C5H12O3S/c1-2-4-9(7,8)5-3-6/h6H,2-5H2,1H3. The van der Waals surface area contributed by atoms with Crippen LogP contribution in [-0.4, -0.2) is 31.6 Å². The van der Waals surface area contributed by atoms with Crippen LogP contribution in [0.1, 0.15) is 13.3 Å². The zero-order valence-corrected chi connectivity index (χ0v) is 6.32. The van der Waals surface area contributed by atoms with E-state index in [1.54, 1.807) is 6.92 Å². The van der Waals surface area contributed by atoms with Crippen LogP contribution < -0.4 is 0 Å². The van der Waals surface area contributed by atoms with Gasteiger partial charge in [-0.2, -0.15) is 0 Å². The van der Waals surface area contributed by atoms with Crippen molar-refractivity contribution >= 4 is 9.84 Å². The second-order valence-electron chi connectivity index (χ2n) is 1.88. The van der Waals surface area contributed by atoms with Crippen molar-refractivity contribution in [2.75, 3.05) is 18.1 Å². The van der Waals surface area contributed by atoms with E-state index in [0.29, 0.717) is 6.42 Å². The van der Waals surface area contributed by atoms with Gasteiger partial charge in [-0.25, -0.2) is 8.42 Å². The number of rotatable bonds is 4. The fraction of sp³-hybridized carbons (Fsp3) is 1.00. The van der Waals surface area contributed by atoms with Crippen LogP contribution in [0.15, 0.2) is 0 Å². The summed E-state index contributed by atoms with van der Waals surface area (Å²) in [4.78, 5) is 0. The van der Waals surface area contributed by atoms with E-state index < -0.39 is 9.84 Å². The molecule has 0 atom stereocenters. The van der Waals surface area contributed by atoms with Gasteiger partial charge in [-0.15, -0.1) is 0 Å². The highest BCUT2D eigenvalue weighted by molar-refractivity contribution is 7.91. The third kappa shape index (κ3) is 4.42. The lowest BCUT2D eigenvalue weighted by Gasteiger charge is -1.96. The third-order valence-corrected chi connectivity index (χ3v) is 2.75. The van der Waals surface area contributed by atoms with Crippen LogP contribution in [0, 0.1) is 0 Å². The fourth-order valence-electron chi connectivity index (χ4n) is 0.552. The Bertz CT molecular complexity index is 136.